The Bertz CT molecular complexity index is 600. The molecule has 1 heterocycles. The van der Waals surface area contributed by atoms with Crippen LogP contribution >= 0.6 is 23.2 Å². The van der Waals surface area contributed by atoms with E-state index in [1.54, 1.807) is 0 Å². The fourth-order valence-corrected chi connectivity index (χ4v) is 2.33. The first-order chi connectivity index (χ1) is 10.0. The second-order valence-corrected chi connectivity index (χ2v) is 5.33. The Morgan fingerprint density at radius 2 is 1.81 bits per heavy atom. The molecular weight excluding hydrogens is 311 g/mol. The summed E-state index contributed by atoms with van der Waals surface area (Å²) in [5, 5.41) is 12.9. The van der Waals surface area contributed by atoms with E-state index in [1.807, 2.05) is 30.3 Å². The van der Waals surface area contributed by atoms with Crippen molar-refractivity contribution >= 4 is 29.1 Å². The zero-order chi connectivity index (χ0) is 15.2. The summed E-state index contributed by atoms with van der Waals surface area (Å²) >= 11 is 11.5. The SMILES string of the molecule is O=C(NCC(O)Cc1ccccc1)c1cc(Cl)nc(Cl)c1. The van der Waals surface area contributed by atoms with Gasteiger partial charge in [-0.05, 0) is 17.7 Å². The van der Waals surface area contributed by atoms with Crippen LogP contribution in [0.4, 0.5) is 0 Å². The van der Waals surface area contributed by atoms with E-state index in [-0.39, 0.29) is 22.8 Å². The predicted octanol–water partition coefficient (Wildman–Crippen LogP) is 2.72. The Morgan fingerprint density at radius 3 is 2.43 bits per heavy atom. The highest BCUT2D eigenvalue weighted by molar-refractivity contribution is 6.33. The molecule has 1 aromatic carbocycles. The number of carbonyl (C=O) groups excluding carboxylic acids is 1. The van der Waals surface area contributed by atoms with Crippen molar-refractivity contribution in [3.8, 4) is 0 Å². The molecule has 21 heavy (non-hydrogen) atoms. The van der Waals surface area contributed by atoms with Crippen molar-refractivity contribution in [2.45, 2.75) is 12.5 Å². The van der Waals surface area contributed by atoms with Crippen LogP contribution in [0.3, 0.4) is 0 Å². The number of nitrogens with one attached hydrogen (secondary N) is 1. The molecule has 0 saturated heterocycles. The third kappa shape index (κ3) is 5.01. The van der Waals surface area contributed by atoms with Crippen molar-refractivity contribution < 1.29 is 9.90 Å². The molecule has 6 heteroatoms. The number of benzene rings is 1. The Balaban J connectivity index is 1.88. The number of hydrogen-bond acceptors (Lipinski definition) is 3. The van der Waals surface area contributed by atoms with E-state index in [4.69, 9.17) is 23.2 Å². The lowest BCUT2D eigenvalue weighted by Gasteiger charge is -2.12. The monoisotopic (exact) mass is 324 g/mol. The molecule has 1 aromatic heterocycles. The fourth-order valence-electron chi connectivity index (χ4n) is 1.87. The highest BCUT2D eigenvalue weighted by Crippen LogP contribution is 2.14. The number of carbonyl (C=O) groups is 1. The number of aliphatic hydroxyl groups is 1. The van der Waals surface area contributed by atoms with Crippen molar-refractivity contribution in [2.24, 2.45) is 0 Å². The topological polar surface area (TPSA) is 62.2 Å². The van der Waals surface area contributed by atoms with Gasteiger partial charge in [0.05, 0.1) is 6.10 Å². The van der Waals surface area contributed by atoms with Crippen LogP contribution in [0.25, 0.3) is 0 Å². The van der Waals surface area contributed by atoms with E-state index < -0.39 is 6.10 Å². The maximum Gasteiger partial charge on any atom is 0.251 e. The van der Waals surface area contributed by atoms with Gasteiger partial charge in [-0.1, -0.05) is 53.5 Å². The maximum atomic E-state index is 11.9. The van der Waals surface area contributed by atoms with E-state index in [0.717, 1.165) is 5.56 Å². The molecule has 2 rings (SSSR count). The molecule has 1 amide bonds. The molecule has 1 atom stereocenters. The molecule has 110 valence electrons. The fraction of sp³-hybridized carbons (Fsp3) is 0.200. The molecule has 0 aliphatic rings. The number of pyridine rings is 1. The molecule has 0 saturated carbocycles. The second kappa shape index (κ2) is 7.41. The summed E-state index contributed by atoms with van der Waals surface area (Å²) in [4.78, 5) is 15.7. The average Bonchev–Trinajstić information content (AvgIpc) is 2.45. The normalized spacial score (nSPS) is 12.0. The van der Waals surface area contributed by atoms with Gasteiger partial charge in [-0.15, -0.1) is 0 Å². The molecular formula is C15H14Cl2N2O2. The minimum atomic E-state index is -0.663. The molecule has 2 N–H and O–H groups in total. The van der Waals surface area contributed by atoms with Crippen LogP contribution in [-0.2, 0) is 6.42 Å². The van der Waals surface area contributed by atoms with Gasteiger partial charge in [0.15, 0.2) is 0 Å². The van der Waals surface area contributed by atoms with Crippen LogP contribution in [-0.4, -0.2) is 28.6 Å². The van der Waals surface area contributed by atoms with Crippen LogP contribution in [0, 0.1) is 0 Å². The smallest absolute Gasteiger partial charge is 0.251 e. The van der Waals surface area contributed by atoms with Gasteiger partial charge in [-0.3, -0.25) is 4.79 Å². The van der Waals surface area contributed by atoms with E-state index in [1.165, 1.54) is 12.1 Å². The van der Waals surface area contributed by atoms with Gasteiger partial charge in [0.2, 0.25) is 0 Å². The number of amides is 1. The van der Waals surface area contributed by atoms with E-state index >= 15 is 0 Å². The minimum Gasteiger partial charge on any atom is -0.391 e. The van der Waals surface area contributed by atoms with E-state index in [2.05, 4.69) is 10.3 Å². The molecule has 4 nitrogen and oxygen atoms in total. The summed E-state index contributed by atoms with van der Waals surface area (Å²) in [7, 11) is 0. The van der Waals surface area contributed by atoms with Crippen molar-refractivity contribution in [3.05, 3.63) is 63.9 Å². The lowest BCUT2D eigenvalue weighted by Crippen LogP contribution is -2.33. The van der Waals surface area contributed by atoms with E-state index in [9.17, 15) is 9.90 Å². The molecule has 0 bridgehead atoms. The lowest BCUT2D eigenvalue weighted by atomic mass is 10.1. The molecule has 1 unspecified atom stereocenters. The summed E-state index contributed by atoms with van der Waals surface area (Å²) < 4.78 is 0. The van der Waals surface area contributed by atoms with Crippen molar-refractivity contribution in [2.75, 3.05) is 6.54 Å². The Kier molecular flexibility index (Phi) is 5.56. The number of aromatic nitrogens is 1. The number of rotatable bonds is 5. The molecule has 0 spiro atoms. The largest absolute Gasteiger partial charge is 0.391 e. The number of halogens is 2. The van der Waals surface area contributed by atoms with Crippen LogP contribution in [0.15, 0.2) is 42.5 Å². The summed E-state index contributed by atoms with van der Waals surface area (Å²) in [6.07, 6.45) is -0.192. The second-order valence-electron chi connectivity index (χ2n) is 4.55. The molecule has 0 aliphatic heterocycles. The molecule has 0 aliphatic carbocycles. The van der Waals surface area contributed by atoms with E-state index in [0.29, 0.717) is 12.0 Å². The van der Waals surface area contributed by atoms with Gasteiger partial charge in [0.25, 0.3) is 5.91 Å². The van der Waals surface area contributed by atoms with Gasteiger partial charge >= 0.3 is 0 Å². The number of aliphatic hydroxyl groups excluding tert-OH is 1. The Morgan fingerprint density at radius 1 is 1.19 bits per heavy atom. The van der Waals surface area contributed by atoms with Crippen molar-refractivity contribution in [3.63, 3.8) is 0 Å². The first kappa shape index (κ1) is 15.8. The molecule has 2 aromatic rings. The quantitative estimate of drug-likeness (QED) is 0.831. The number of hydrogen-bond donors (Lipinski definition) is 2. The van der Waals surface area contributed by atoms with Gasteiger partial charge < -0.3 is 10.4 Å². The number of nitrogens with zero attached hydrogens (tertiary/aromatic N) is 1. The summed E-state index contributed by atoms with van der Waals surface area (Å²) in [5.74, 6) is -0.353. The first-order valence-corrected chi connectivity index (χ1v) is 7.13. The van der Waals surface area contributed by atoms with Crippen LogP contribution in [0.5, 0.6) is 0 Å². The zero-order valence-corrected chi connectivity index (χ0v) is 12.6. The molecule has 0 radical (unpaired) electrons. The predicted molar refractivity (Wildman–Crippen MR) is 82.7 cm³/mol. The highest BCUT2D eigenvalue weighted by atomic mass is 35.5. The van der Waals surface area contributed by atoms with Gasteiger partial charge in [0.1, 0.15) is 10.3 Å². The van der Waals surface area contributed by atoms with Crippen molar-refractivity contribution in [1.29, 1.82) is 0 Å². The molecule has 0 fully saturated rings. The maximum absolute atomic E-state index is 11.9. The Hall–Kier alpha value is -1.62. The standard InChI is InChI=1S/C15H14Cl2N2O2/c16-13-7-11(8-14(17)19-13)15(21)18-9-12(20)6-10-4-2-1-3-5-10/h1-5,7-8,12,20H,6,9H2,(H,18,21). The average molecular weight is 325 g/mol. The third-order valence-electron chi connectivity index (χ3n) is 2.84. The van der Waals surface area contributed by atoms with Gasteiger partial charge in [0, 0.05) is 18.5 Å². The van der Waals surface area contributed by atoms with Crippen LogP contribution in [0.2, 0.25) is 10.3 Å². The Labute approximate surface area is 132 Å². The highest BCUT2D eigenvalue weighted by Gasteiger charge is 2.11. The summed E-state index contributed by atoms with van der Waals surface area (Å²) in [6.45, 7) is 0.144. The lowest BCUT2D eigenvalue weighted by molar-refractivity contribution is 0.0916. The third-order valence-corrected chi connectivity index (χ3v) is 3.22. The summed E-state index contributed by atoms with van der Waals surface area (Å²) in [5.41, 5.74) is 1.32. The minimum absolute atomic E-state index is 0.144. The first-order valence-electron chi connectivity index (χ1n) is 6.38. The zero-order valence-electron chi connectivity index (χ0n) is 11.1. The van der Waals surface area contributed by atoms with Crippen LogP contribution in [0.1, 0.15) is 15.9 Å². The van der Waals surface area contributed by atoms with Crippen LogP contribution < -0.4 is 5.32 Å². The summed E-state index contributed by atoms with van der Waals surface area (Å²) in [6, 6.07) is 12.4. The van der Waals surface area contributed by atoms with Crippen molar-refractivity contribution in [1.82, 2.24) is 10.3 Å². The van der Waals surface area contributed by atoms with Gasteiger partial charge in [-0.2, -0.15) is 0 Å². The van der Waals surface area contributed by atoms with Gasteiger partial charge in [-0.25, -0.2) is 4.98 Å².